The van der Waals surface area contributed by atoms with Crippen molar-refractivity contribution in [1.29, 1.82) is 0 Å². The van der Waals surface area contributed by atoms with Crippen LogP contribution in [0.3, 0.4) is 0 Å². The molecule has 3 heterocycles. The number of thiophene rings is 1. The monoisotopic (exact) mass is 455 g/mol. The minimum atomic E-state index is 0.338. The second-order valence-electron chi connectivity index (χ2n) is 8.33. The molecule has 1 saturated carbocycles. The van der Waals surface area contributed by atoms with Crippen molar-refractivity contribution in [3.63, 3.8) is 0 Å². The summed E-state index contributed by atoms with van der Waals surface area (Å²) in [6.07, 6.45) is 10.5. The number of carbonyl (C=O) groups is 1. The highest BCUT2D eigenvalue weighted by Gasteiger charge is 2.23. The number of nitrogens with two attached hydrogens (primary N) is 1. The number of anilines is 1. The number of benzene rings is 1. The molecule has 1 saturated heterocycles. The van der Waals surface area contributed by atoms with E-state index in [4.69, 9.17) is 5.73 Å². The molecule has 32 heavy (non-hydrogen) atoms. The van der Waals surface area contributed by atoms with Crippen molar-refractivity contribution in [1.82, 2.24) is 19.8 Å². The first-order valence-electron chi connectivity index (χ1n) is 12.0. The number of fused-ring (bicyclic) bond motifs is 3. The fourth-order valence-corrected chi connectivity index (χ4v) is 5.56. The van der Waals surface area contributed by atoms with Crippen molar-refractivity contribution in [2.45, 2.75) is 64.8 Å². The van der Waals surface area contributed by atoms with Crippen LogP contribution >= 0.6 is 11.3 Å². The summed E-state index contributed by atoms with van der Waals surface area (Å²) < 4.78 is 1.20. The smallest absolute Gasteiger partial charge is 0.236 e. The second kappa shape index (κ2) is 12.1. The molecule has 0 bridgehead atoms. The van der Waals surface area contributed by atoms with Gasteiger partial charge in [-0.15, -0.1) is 11.3 Å². The van der Waals surface area contributed by atoms with Crippen molar-refractivity contribution >= 4 is 43.4 Å². The molecule has 2 N–H and O–H groups in total. The number of hydrogen-bond acceptors (Lipinski definition) is 6. The summed E-state index contributed by atoms with van der Waals surface area (Å²) in [4.78, 5) is 25.5. The van der Waals surface area contributed by atoms with Crippen molar-refractivity contribution < 1.29 is 4.79 Å². The molecule has 7 heteroatoms. The number of carbonyl (C=O) groups excluding carboxylic acids is 1. The van der Waals surface area contributed by atoms with Crippen LogP contribution in [0.15, 0.2) is 30.6 Å². The van der Waals surface area contributed by atoms with Crippen LogP contribution in [0.4, 0.5) is 5.82 Å². The van der Waals surface area contributed by atoms with Gasteiger partial charge in [0.25, 0.3) is 0 Å². The second-order valence-corrected chi connectivity index (χ2v) is 9.36. The maximum Gasteiger partial charge on any atom is 0.236 e. The molecule has 0 radical (unpaired) electrons. The minimum Gasteiger partial charge on any atom is -0.383 e. The van der Waals surface area contributed by atoms with Crippen LogP contribution in [0.5, 0.6) is 0 Å². The molecular weight excluding hydrogens is 418 g/mol. The molecule has 6 nitrogen and oxygen atoms in total. The maximum atomic E-state index is 12.0. The highest BCUT2D eigenvalue weighted by molar-refractivity contribution is 7.25. The predicted molar refractivity (Wildman–Crippen MR) is 136 cm³/mol. The van der Waals surface area contributed by atoms with Crippen LogP contribution in [-0.4, -0.2) is 58.4 Å². The summed E-state index contributed by atoms with van der Waals surface area (Å²) >= 11 is 1.64. The van der Waals surface area contributed by atoms with Gasteiger partial charge in [-0.25, -0.2) is 9.97 Å². The number of hydrogen-bond donors (Lipinski definition) is 1. The van der Waals surface area contributed by atoms with Gasteiger partial charge < -0.3 is 10.6 Å². The Morgan fingerprint density at radius 3 is 2.50 bits per heavy atom. The van der Waals surface area contributed by atoms with Crippen LogP contribution in [-0.2, 0) is 4.79 Å². The summed E-state index contributed by atoms with van der Waals surface area (Å²) in [5.74, 6) is 0.901. The lowest BCUT2D eigenvalue weighted by atomic mass is 9.94. The third-order valence-corrected chi connectivity index (χ3v) is 7.33. The van der Waals surface area contributed by atoms with E-state index in [9.17, 15) is 4.79 Å². The Balaban J connectivity index is 0.000000169. The van der Waals surface area contributed by atoms with Crippen LogP contribution in [0.2, 0.25) is 0 Å². The van der Waals surface area contributed by atoms with E-state index in [1.54, 1.807) is 11.3 Å². The molecule has 2 aliphatic rings. The molecule has 1 amide bonds. The third-order valence-electron chi connectivity index (χ3n) is 6.25. The highest BCUT2D eigenvalue weighted by atomic mass is 32.1. The van der Waals surface area contributed by atoms with Crippen molar-refractivity contribution in [3.8, 4) is 0 Å². The van der Waals surface area contributed by atoms with Gasteiger partial charge in [-0.3, -0.25) is 9.69 Å². The molecule has 174 valence electrons. The summed E-state index contributed by atoms with van der Waals surface area (Å²) in [6.45, 7) is 6.60. The van der Waals surface area contributed by atoms with E-state index in [-0.39, 0.29) is 0 Å². The number of likely N-dealkylation sites (N-methyl/N-ethyl adjacent to an activating group) is 1. The minimum absolute atomic E-state index is 0.338. The Hall–Kier alpha value is -2.25. The number of nitrogens with zero attached hydrogens (tertiary/aromatic N) is 4. The lowest BCUT2D eigenvalue weighted by Gasteiger charge is -2.31. The number of nitrogen functional groups attached to an aromatic ring is 1. The summed E-state index contributed by atoms with van der Waals surface area (Å²) in [5, 5.41) is 2.12. The molecule has 0 spiro atoms. The Bertz CT molecular complexity index is 992. The van der Waals surface area contributed by atoms with Gasteiger partial charge in [-0.2, -0.15) is 0 Å². The van der Waals surface area contributed by atoms with E-state index in [1.807, 2.05) is 36.9 Å². The van der Waals surface area contributed by atoms with Gasteiger partial charge in [0.2, 0.25) is 5.91 Å². The molecular formula is C25H37N5OS. The topological polar surface area (TPSA) is 75.4 Å². The van der Waals surface area contributed by atoms with E-state index in [2.05, 4.69) is 28.0 Å². The predicted octanol–water partition coefficient (Wildman–Crippen LogP) is 5.33. The van der Waals surface area contributed by atoms with Crippen molar-refractivity contribution in [2.24, 2.45) is 0 Å². The molecule has 1 aliphatic carbocycles. The van der Waals surface area contributed by atoms with Gasteiger partial charge in [0.1, 0.15) is 17.0 Å². The Morgan fingerprint density at radius 2 is 1.78 bits per heavy atom. The first-order valence-corrected chi connectivity index (χ1v) is 12.8. The molecule has 3 aromatic rings. The average Bonchev–Trinajstić information content (AvgIpc) is 3.50. The van der Waals surface area contributed by atoms with E-state index in [0.717, 1.165) is 28.7 Å². The number of likely N-dealkylation sites (tertiary alicyclic amines) is 1. The first kappa shape index (κ1) is 24.4. The standard InChI is InChI=1S/C13H24N2O.C10H7N3S.C2H6/c1-14(12-7-3-2-4-8-12)11-13(16)15-9-5-6-10-15;11-9-8-6-3-1-2-4-7(6)14-10(8)13-5-12-9;1-2/h12H,2-11H2,1H3;1-5H,(H2,11,12,13);1-2H3. The van der Waals surface area contributed by atoms with Crippen LogP contribution in [0, 0.1) is 0 Å². The quantitative estimate of drug-likeness (QED) is 0.578. The van der Waals surface area contributed by atoms with E-state index < -0.39 is 0 Å². The largest absolute Gasteiger partial charge is 0.383 e. The molecule has 2 fully saturated rings. The molecule has 1 aliphatic heterocycles. The lowest BCUT2D eigenvalue weighted by molar-refractivity contribution is -0.131. The fraction of sp³-hybridized carbons (Fsp3) is 0.560. The SMILES string of the molecule is CC.CN(CC(=O)N1CCCC1)C1CCCCC1.Nc1ncnc2sc3ccccc3c12. The maximum absolute atomic E-state index is 12.0. The molecule has 0 unspecified atom stereocenters. The Labute approximate surface area is 195 Å². The van der Waals surface area contributed by atoms with Crippen molar-refractivity contribution in [3.05, 3.63) is 30.6 Å². The van der Waals surface area contributed by atoms with Gasteiger partial charge in [0.05, 0.1) is 11.9 Å². The summed E-state index contributed by atoms with van der Waals surface area (Å²) in [5.41, 5.74) is 5.82. The van der Waals surface area contributed by atoms with Crippen LogP contribution in [0.1, 0.15) is 58.8 Å². The van der Waals surface area contributed by atoms with E-state index >= 15 is 0 Å². The van der Waals surface area contributed by atoms with Gasteiger partial charge in [-0.1, -0.05) is 51.3 Å². The average molecular weight is 456 g/mol. The molecule has 5 rings (SSSR count). The van der Waals surface area contributed by atoms with Gasteiger partial charge in [0, 0.05) is 29.2 Å². The zero-order valence-electron chi connectivity index (χ0n) is 19.7. The number of amides is 1. The highest BCUT2D eigenvalue weighted by Crippen LogP contribution is 2.34. The summed E-state index contributed by atoms with van der Waals surface area (Å²) in [6, 6.07) is 8.79. The Morgan fingerprint density at radius 1 is 1.09 bits per heavy atom. The van der Waals surface area contributed by atoms with E-state index in [1.165, 1.54) is 56.0 Å². The molecule has 1 aromatic carbocycles. The van der Waals surface area contributed by atoms with Crippen LogP contribution < -0.4 is 5.73 Å². The van der Waals surface area contributed by atoms with Gasteiger partial charge in [0.15, 0.2) is 0 Å². The lowest BCUT2D eigenvalue weighted by Crippen LogP contribution is -2.42. The van der Waals surface area contributed by atoms with Crippen molar-refractivity contribution in [2.75, 3.05) is 32.4 Å². The zero-order chi connectivity index (χ0) is 22.9. The van der Waals surface area contributed by atoms with Crippen LogP contribution in [0.25, 0.3) is 20.3 Å². The zero-order valence-corrected chi connectivity index (χ0v) is 20.5. The normalized spacial score (nSPS) is 16.6. The molecule has 2 aromatic heterocycles. The number of rotatable bonds is 3. The third kappa shape index (κ3) is 5.95. The van der Waals surface area contributed by atoms with E-state index in [0.29, 0.717) is 24.3 Å². The summed E-state index contributed by atoms with van der Waals surface area (Å²) in [7, 11) is 2.12. The van der Waals surface area contributed by atoms with Gasteiger partial charge in [-0.05, 0) is 38.8 Å². The molecule has 0 atom stereocenters. The fourth-order valence-electron chi connectivity index (χ4n) is 4.51. The van der Waals surface area contributed by atoms with Gasteiger partial charge >= 0.3 is 0 Å². The first-order chi connectivity index (χ1) is 15.6. The number of aromatic nitrogens is 2. The Kier molecular flexibility index (Phi) is 9.23.